The molecule has 2 heterocycles. The number of aromatic nitrogens is 2. The molecule has 1 atom stereocenters. The van der Waals surface area contributed by atoms with E-state index in [2.05, 4.69) is 23.0 Å². The first-order chi connectivity index (χ1) is 9.80. The van der Waals surface area contributed by atoms with Crippen molar-refractivity contribution in [3.63, 3.8) is 0 Å². The zero-order valence-corrected chi connectivity index (χ0v) is 13.8. The minimum Gasteiger partial charge on any atom is -0.459 e. The fraction of sp³-hybridized carbons (Fsp3) is 0.750. The number of hydrogen-bond donors (Lipinski definition) is 0. The third-order valence-corrected chi connectivity index (χ3v) is 3.69. The van der Waals surface area contributed by atoms with Crippen molar-refractivity contribution in [3.8, 4) is 0 Å². The normalized spacial score (nSPS) is 20.0. The Bertz CT molecular complexity index is 502. The second-order valence-corrected chi connectivity index (χ2v) is 6.75. The molecule has 0 radical (unpaired) electrons. The Morgan fingerprint density at radius 2 is 2.19 bits per heavy atom. The van der Waals surface area contributed by atoms with Crippen LogP contribution in [0.2, 0.25) is 0 Å². The summed E-state index contributed by atoms with van der Waals surface area (Å²) in [6.45, 7) is 12.4. The summed E-state index contributed by atoms with van der Waals surface area (Å²) >= 11 is 0. The minimum absolute atomic E-state index is 0.0979. The highest BCUT2D eigenvalue weighted by atomic mass is 16.6. The van der Waals surface area contributed by atoms with Crippen LogP contribution in [0.1, 0.15) is 51.9 Å². The van der Waals surface area contributed by atoms with Crippen LogP contribution in [0.25, 0.3) is 0 Å². The van der Waals surface area contributed by atoms with Gasteiger partial charge >= 0.3 is 5.97 Å². The Hall–Kier alpha value is -1.36. The van der Waals surface area contributed by atoms with Gasteiger partial charge in [0.2, 0.25) is 0 Å². The summed E-state index contributed by atoms with van der Waals surface area (Å²) in [6.07, 6.45) is 1.93. The van der Waals surface area contributed by atoms with Gasteiger partial charge in [-0.15, -0.1) is 0 Å². The Kier molecular flexibility index (Phi) is 4.71. The van der Waals surface area contributed by atoms with E-state index in [9.17, 15) is 4.79 Å². The number of hydrogen-bond acceptors (Lipinski definition) is 4. The molecule has 0 saturated carbocycles. The highest BCUT2D eigenvalue weighted by Gasteiger charge is 2.34. The summed E-state index contributed by atoms with van der Waals surface area (Å²) < 4.78 is 7.56. The van der Waals surface area contributed by atoms with Crippen LogP contribution in [0.15, 0.2) is 6.07 Å². The number of rotatable bonds is 4. The average molecular weight is 293 g/mol. The lowest BCUT2D eigenvalue weighted by Gasteiger charge is -2.27. The largest absolute Gasteiger partial charge is 0.459 e. The van der Waals surface area contributed by atoms with E-state index < -0.39 is 5.60 Å². The van der Waals surface area contributed by atoms with Gasteiger partial charge in [-0.3, -0.25) is 14.4 Å². The standard InChI is InChI=1S/C16H27N3O2/c1-6-19-13(10-12(2)17-19)11-18-9-7-8-14(18)15(20)21-16(3,4)5/h10,14H,6-9,11H2,1-5H3/t14-/m1/s1. The minimum atomic E-state index is -0.423. The molecule has 1 fully saturated rings. The molecule has 0 N–H and O–H groups in total. The van der Waals surface area contributed by atoms with Crippen LogP contribution >= 0.6 is 0 Å². The van der Waals surface area contributed by atoms with Crippen LogP contribution in [0.3, 0.4) is 0 Å². The van der Waals surface area contributed by atoms with Gasteiger partial charge in [0.1, 0.15) is 11.6 Å². The van der Waals surface area contributed by atoms with Crippen molar-refractivity contribution in [3.05, 3.63) is 17.5 Å². The first-order valence-corrected chi connectivity index (χ1v) is 7.80. The topological polar surface area (TPSA) is 47.4 Å². The van der Waals surface area contributed by atoms with E-state index in [-0.39, 0.29) is 12.0 Å². The van der Waals surface area contributed by atoms with Gasteiger partial charge in [0.15, 0.2) is 0 Å². The maximum Gasteiger partial charge on any atom is 0.323 e. The first-order valence-electron chi connectivity index (χ1n) is 7.80. The Morgan fingerprint density at radius 3 is 2.81 bits per heavy atom. The van der Waals surface area contributed by atoms with Gasteiger partial charge in [-0.25, -0.2) is 0 Å². The monoisotopic (exact) mass is 293 g/mol. The maximum atomic E-state index is 12.3. The number of esters is 1. The molecule has 2 rings (SSSR count). The zero-order valence-electron chi connectivity index (χ0n) is 13.8. The fourth-order valence-corrected chi connectivity index (χ4v) is 2.86. The number of carbonyl (C=O) groups is 1. The fourth-order valence-electron chi connectivity index (χ4n) is 2.86. The molecule has 1 aliphatic rings. The van der Waals surface area contributed by atoms with Crippen molar-refractivity contribution in [1.29, 1.82) is 0 Å². The lowest BCUT2D eigenvalue weighted by Crippen LogP contribution is -2.40. The van der Waals surface area contributed by atoms with Crippen molar-refractivity contribution in [1.82, 2.24) is 14.7 Å². The molecule has 21 heavy (non-hydrogen) atoms. The van der Waals surface area contributed by atoms with Crippen LogP contribution < -0.4 is 0 Å². The molecule has 5 nitrogen and oxygen atoms in total. The molecule has 0 spiro atoms. The van der Waals surface area contributed by atoms with E-state index in [0.717, 1.165) is 38.2 Å². The number of ether oxygens (including phenoxy) is 1. The van der Waals surface area contributed by atoms with Gasteiger partial charge in [-0.05, 0) is 60.1 Å². The lowest BCUT2D eigenvalue weighted by molar-refractivity contribution is -0.160. The summed E-state index contributed by atoms with van der Waals surface area (Å²) in [5, 5.41) is 4.47. The number of carbonyl (C=O) groups excluding carboxylic acids is 1. The van der Waals surface area contributed by atoms with Gasteiger partial charge in [0.25, 0.3) is 0 Å². The summed E-state index contributed by atoms with van der Waals surface area (Å²) in [6, 6.07) is 1.98. The molecule has 1 saturated heterocycles. The van der Waals surface area contributed by atoms with Crippen molar-refractivity contribution < 1.29 is 9.53 Å². The van der Waals surface area contributed by atoms with Gasteiger partial charge in [-0.2, -0.15) is 5.10 Å². The van der Waals surface area contributed by atoms with Crippen LogP contribution in [-0.2, 0) is 22.6 Å². The summed E-state index contributed by atoms with van der Waals surface area (Å²) in [7, 11) is 0. The number of likely N-dealkylation sites (tertiary alicyclic amines) is 1. The smallest absolute Gasteiger partial charge is 0.323 e. The maximum absolute atomic E-state index is 12.3. The van der Waals surface area contributed by atoms with Gasteiger partial charge < -0.3 is 4.74 Å². The predicted molar refractivity (Wildman–Crippen MR) is 81.9 cm³/mol. The highest BCUT2D eigenvalue weighted by molar-refractivity contribution is 5.76. The van der Waals surface area contributed by atoms with Crippen LogP contribution in [0, 0.1) is 6.92 Å². The van der Waals surface area contributed by atoms with E-state index in [1.54, 1.807) is 0 Å². The SMILES string of the molecule is CCn1nc(C)cc1CN1CCC[C@@H]1C(=O)OC(C)(C)C. The summed E-state index contributed by atoms with van der Waals surface area (Å²) in [4.78, 5) is 14.6. The third-order valence-electron chi connectivity index (χ3n) is 3.69. The first kappa shape index (κ1) is 16.0. The Labute approximate surface area is 127 Å². The Morgan fingerprint density at radius 1 is 1.48 bits per heavy atom. The van der Waals surface area contributed by atoms with Crippen molar-refractivity contribution in [2.75, 3.05) is 6.54 Å². The molecule has 5 heteroatoms. The second kappa shape index (κ2) is 6.18. The van der Waals surface area contributed by atoms with Crippen LogP contribution in [0.4, 0.5) is 0 Å². The molecule has 118 valence electrons. The lowest BCUT2D eigenvalue weighted by atomic mass is 10.1. The van der Waals surface area contributed by atoms with E-state index >= 15 is 0 Å². The van der Waals surface area contributed by atoms with E-state index in [1.807, 2.05) is 32.4 Å². The average Bonchev–Trinajstić information content (AvgIpc) is 2.94. The van der Waals surface area contributed by atoms with Crippen molar-refractivity contribution in [2.24, 2.45) is 0 Å². The summed E-state index contributed by atoms with van der Waals surface area (Å²) in [5.74, 6) is -0.0979. The molecule has 0 amide bonds. The molecular weight excluding hydrogens is 266 g/mol. The quantitative estimate of drug-likeness (QED) is 0.800. The van der Waals surface area contributed by atoms with Crippen LogP contribution in [-0.4, -0.2) is 38.8 Å². The molecule has 1 aromatic heterocycles. The van der Waals surface area contributed by atoms with Gasteiger partial charge in [-0.1, -0.05) is 0 Å². The van der Waals surface area contributed by atoms with Gasteiger partial charge in [0.05, 0.1) is 11.4 Å². The predicted octanol–water partition coefficient (Wildman–Crippen LogP) is 2.52. The molecule has 0 bridgehead atoms. The van der Waals surface area contributed by atoms with E-state index in [4.69, 9.17) is 4.74 Å². The van der Waals surface area contributed by atoms with E-state index in [1.165, 1.54) is 5.69 Å². The number of nitrogens with zero attached hydrogens (tertiary/aromatic N) is 3. The Balaban J connectivity index is 2.06. The molecule has 1 aromatic rings. The number of aryl methyl sites for hydroxylation is 2. The van der Waals surface area contributed by atoms with Crippen LogP contribution in [0.5, 0.6) is 0 Å². The van der Waals surface area contributed by atoms with Crippen molar-refractivity contribution >= 4 is 5.97 Å². The second-order valence-electron chi connectivity index (χ2n) is 6.75. The summed E-state index contributed by atoms with van der Waals surface area (Å²) in [5.41, 5.74) is 1.78. The molecule has 0 aliphatic carbocycles. The zero-order chi connectivity index (χ0) is 15.6. The molecule has 0 aromatic carbocycles. The third kappa shape index (κ3) is 4.06. The molecule has 0 unspecified atom stereocenters. The van der Waals surface area contributed by atoms with Gasteiger partial charge in [0, 0.05) is 13.1 Å². The van der Waals surface area contributed by atoms with Crippen molar-refractivity contribution in [2.45, 2.75) is 72.2 Å². The highest BCUT2D eigenvalue weighted by Crippen LogP contribution is 2.23. The molecule has 1 aliphatic heterocycles. The van der Waals surface area contributed by atoms with E-state index in [0.29, 0.717) is 0 Å². The molecular formula is C16H27N3O2.